The molecular weight excluding hydrogens is 396 g/mol. The monoisotopic (exact) mass is 420 g/mol. The number of nitrogens with one attached hydrogen (secondary N) is 1. The lowest BCUT2D eigenvalue weighted by Gasteiger charge is -2.24. The van der Waals surface area contributed by atoms with Crippen molar-refractivity contribution in [1.82, 2.24) is 14.9 Å². The number of rotatable bonds is 6. The number of para-hydroxylation sites is 2. The summed E-state index contributed by atoms with van der Waals surface area (Å²) in [5.74, 6) is 1.55. The SMILES string of the molecule is COc1ccc([C@H](NC(=O)CN2C(=O)CCOc3ccccc32)c2nccn2C)cc1. The molecule has 160 valence electrons. The summed E-state index contributed by atoms with van der Waals surface area (Å²) in [5.41, 5.74) is 1.45. The molecule has 0 aliphatic carbocycles. The molecule has 0 saturated carbocycles. The second-order valence-corrected chi connectivity index (χ2v) is 7.22. The molecule has 1 N–H and O–H groups in total. The van der Waals surface area contributed by atoms with Crippen molar-refractivity contribution in [2.24, 2.45) is 7.05 Å². The fraction of sp³-hybridized carbons (Fsp3) is 0.261. The molecule has 0 unspecified atom stereocenters. The van der Waals surface area contributed by atoms with Crippen LogP contribution >= 0.6 is 0 Å². The van der Waals surface area contributed by atoms with Gasteiger partial charge in [-0.1, -0.05) is 24.3 Å². The van der Waals surface area contributed by atoms with E-state index < -0.39 is 6.04 Å². The van der Waals surface area contributed by atoms with Crippen LogP contribution in [0.3, 0.4) is 0 Å². The first-order chi connectivity index (χ1) is 15.1. The molecule has 4 rings (SSSR count). The number of carbonyl (C=O) groups is 2. The lowest BCUT2D eigenvalue weighted by atomic mass is 10.1. The number of benzene rings is 2. The normalized spacial score (nSPS) is 14.3. The maximum Gasteiger partial charge on any atom is 0.240 e. The molecule has 31 heavy (non-hydrogen) atoms. The zero-order valence-corrected chi connectivity index (χ0v) is 17.4. The Kier molecular flexibility index (Phi) is 5.88. The minimum absolute atomic E-state index is 0.115. The van der Waals surface area contributed by atoms with Crippen molar-refractivity contribution in [1.29, 1.82) is 0 Å². The number of hydrogen-bond donors (Lipinski definition) is 1. The van der Waals surface area contributed by atoms with Crippen LogP contribution in [0.2, 0.25) is 0 Å². The first-order valence-electron chi connectivity index (χ1n) is 9.99. The van der Waals surface area contributed by atoms with Crippen molar-refractivity contribution in [3.63, 3.8) is 0 Å². The highest BCUT2D eigenvalue weighted by Gasteiger charge is 2.27. The minimum Gasteiger partial charge on any atom is -0.497 e. The highest BCUT2D eigenvalue weighted by molar-refractivity contribution is 6.00. The van der Waals surface area contributed by atoms with Gasteiger partial charge in [-0.2, -0.15) is 0 Å². The highest BCUT2D eigenvalue weighted by Crippen LogP contribution is 2.31. The van der Waals surface area contributed by atoms with Gasteiger partial charge in [-0.25, -0.2) is 4.98 Å². The predicted octanol–water partition coefficient (Wildman–Crippen LogP) is 2.45. The number of aryl methyl sites for hydroxylation is 1. The fourth-order valence-corrected chi connectivity index (χ4v) is 3.59. The molecule has 1 aliphatic rings. The third-order valence-electron chi connectivity index (χ3n) is 5.20. The van der Waals surface area contributed by atoms with Crippen molar-refractivity contribution in [3.8, 4) is 11.5 Å². The van der Waals surface area contributed by atoms with E-state index in [9.17, 15) is 9.59 Å². The molecule has 8 nitrogen and oxygen atoms in total. The third kappa shape index (κ3) is 4.37. The number of aromatic nitrogens is 2. The summed E-state index contributed by atoms with van der Waals surface area (Å²) in [6, 6.07) is 14.2. The number of ether oxygens (including phenoxy) is 2. The van der Waals surface area contributed by atoms with Crippen LogP contribution in [0.15, 0.2) is 60.9 Å². The van der Waals surface area contributed by atoms with E-state index in [1.807, 2.05) is 54.2 Å². The summed E-state index contributed by atoms with van der Waals surface area (Å²) in [4.78, 5) is 31.6. The molecule has 1 atom stereocenters. The quantitative estimate of drug-likeness (QED) is 0.662. The van der Waals surface area contributed by atoms with Crippen molar-refractivity contribution in [2.75, 3.05) is 25.2 Å². The number of anilines is 1. The zero-order valence-electron chi connectivity index (χ0n) is 17.4. The zero-order chi connectivity index (χ0) is 21.8. The van der Waals surface area contributed by atoms with E-state index in [4.69, 9.17) is 9.47 Å². The molecule has 0 spiro atoms. The largest absolute Gasteiger partial charge is 0.497 e. The summed E-state index contributed by atoms with van der Waals surface area (Å²) < 4.78 is 12.8. The highest BCUT2D eigenvalue weighted by atomic mass is 16.5. The Morgan fingerprint density at radius 2 is 2.00 bits per heavy atom. The van der Waals surface area contributed by atoms with Crippen LogP contribution in [0.1, 0.15) is 23.9 Å². The fourth-order valence-electron chi connectivity index (χ4n) is 3.59. The van der Waals surface area contributed by atoms with Crippen LogP contribution < -0.4 is 19.7 Å². The van der Waals surface area contributed by atoms with Crippen LogP contribution in [-0.4, -0.2) is 41.6 Å². The predicted molar refractivity (Wildman–Crippen MR) is 115 cm³/mol. The molecule has 2 heterocycles. The minimum atomic E-state index is -0.480. The average molecular weight is 420 g/mol. The summed E-state index contributed by atoms with van der Waals surface area (Å²) in [6.07, 6.45) is 3.72. The molecule has 8 heteroatoms. The second kappa shape index (κ2) is 8.91. The van der Waals surface area contributed by atoms with E-state index in [1.54, 1.807) is 25.4 Å². The number of fused-ring (bicyclic) bond motifs is 1. The number of carbonyl (C=O) groups excluding carboxylic acids is 2. The molecule has 2 amide bonds. The Hall–Kier alpha value is -3.81. The van der Waals surface area contributed by atoms with Crippen LogP contribution in [0, 0.1) is 0 Å². The van der Waals surface area contributed by atoms with E-state index in [0.717, 1.165) is 11.3 Å². The maximum atomic E-state index is 13.1. The average Bonchev–Trinajstić information content (AvgIpc) is 3.15. The molecule has 0 radical (unpaired) electrons. The Balaban J connectivity index is 1.59. The van der Waals surface area contributed by atoms with Crippen LogP contribution in [0.4, 0.5) is 5.69 Å². The number of imidazole rings is 1. The molecule has 0 bridgehead atoms. The Bertz CT molecular complexity index is 1080. The van der Waals surface area contributed by atoms with Gasteiger partial charge in [0.1, 0.15) is 29.9 Å². The van der Waals surface area contributed by atoms with E-state index in [1.165, 1.54) is 4.90 Å². The Morgan fingerprint density at radius 3 is 2.71 bits per heavy atom. The van der Waals surface area contributed by atoms with E-state index in [-0.39, 0.29) is 31.4 Å². The first-order valence-corrected chi connectivity index (χ1v) is 9.99. The van der Waals surface area contributed by atoms with Gasteiger partial charge < -0.3 is 19.4 Å². The molecular formula is C23H24N4O4. The second-order valence-electron chi connectivity index (χ2n) is 7.22. The third-order valence-corrected chi connectivity index (χ3v) is 5.20. The van der Waals surface area contributed by atoms with Gasteiger partial charge in [-0.15, -0.1) is 0 Å². The van der Waals surface area contributed by atoms with Crippen LogP contribution in [-0.2, 0) is 16.6 Å². The van der Waals surface area contributed by atoms with Gasteiger partial charge in [0, 0.05) is 19.4 Å². The summed E-state index contributed by atoms with van der Waals surface area (Å²) >= 11 is 0. The van der Waals surface area contributed by atoms with Gasteiger partial charge in [-0.3, -0.25) is 14.5 Å². The van der Waals surface area contributed by atoms with Crippen molar-refractivity contribution in [2.45, 2.75) is 12.5 Å². The Labute approximate surface area is 180 Å². The smallest absolute Gasteiger partial charge is 0.240 e. The van der Waals surface area contributed by atoms with Crippen LogP contribution in [0.5, 0.6) is 11.5 Å². The first kappa shape index (κ1) is 20.5. The number of methoxy groups -OCH3 is 1. The standard InChI is InChI=1S/C23H24N4O4/c1-26-13-12-24-23(26)22(16-7-9-17(30-2)10-8-16)25-20(28)15-27-18-5-3-4-6-19(18)31-14-11-21(27)29/h3-10,12-13,22H,11,14-15H2,1-2H3,(H,25,28)/t22-/m0/s1. The Morgan fingerprint density at radius 1 is 1.23 bits per heavy atom. The molecule has 1 aliphatic heterocycles. The van der Waals surface area contributed by atoms with Gasteiger partial charge in [0.15, 0.2) is 0 Å². The maximum absolute atomic E-state index is 13.1. The lowest BCUT2D eigenvalue weighted by molar-refractivity contribution is -0.124. The van der Waals surface area contributed by atoms with Gasteiger partial charge in [0.25, 0.3) is 0 Å². The van der Waals surface area contributed by atoms with Gasteiger partial charge in [-0.05, 0) is 29.8 Å². The van der Waals surface area contributed by atoms with Crippen molar-refractivity contribution in [3.05, 3.63) is 72.3 Å². The molecule has 3 aromatic rings. The van der Waals surface area contributed by atoms with E-state index in [2.05, 4.69) is 10.3 Å². The van der Waals surface area contributed by atoms with Crippen molar-refractivity contribution >= 4 is 17.5 Å². The lowest BCUT2D eigenvalue weighted by Crippen LogP contribution is -2.42. The molecule has 2 aromatic carbocycles. The van der Waals surface area contributed by atoms with E-state index >= 15 is 0 Å². The van der Waals surface area contributed by atoms with Crippen molar-refractivity contribution < 1.29 is 19.1 Å². The molecule has 1 aromatic heterocycles. The topological polar surface area (TPSA) is 85.7 Å². The summed E-state index contributed by atoms with van der Waals surface area (Å²) in [7, 11) is 3.48. The molecule has 0 fully saturated rings. The van der Waals surface area contributed by atoms with Gasteiger partial charge >= 0.3 is 0 Å². The number of hydrogen-bond acceptors (Lipinski definition) is 5. The number of nitrogens with zero attached hydrogens (tertiary/aromatic N) is 3. The number of amides is 2. The summed E-state index contributed by atoms with van der Waals surface area (Å²) in [5, 5.41) is 3.04. The van der Waals surface area contributed by atoms with Crippen LogP contribution in [0.25, 0.3) is 0 Å². The molecule has 0 saturated heterocycles. The van der Waals surface area contributed by atoms with Gasteiger partial charge in [0.05, 0.1) is 25.8 Å². The summed E-state index contributed by atoms with van der Waals surface area (Å²) in [6.45, 7) is 0.173. The van der Waals surface area contributed by atoms with Gasteiger partial charge in [0.2, 0.25) is 11.8 Å². The van der Waals surface area contributed by atoms with E-state index in [0.29, 0.717) is 17.3 Å².